The fourth-order valence-electron chi connectivity index (χ4n) is 1.19. The lowest BCUT2D eigenvalue weighted by molar-refractivity contribution is 0.802. The summed E-state index contributed by atoms with van der Waals surface area (Å²) in [5.74, 6) is 0. The average molecular weight is 228 g/mol. The van der Waals surface area contributed by atoms with Gasteiger partial charge in [-0.3, -0.25) is 0 Å². The molecule has 0 heterocycles. The highest BCUT2D eigenvalue weighted by atomic mass is 79.9. The van der Waals surface area contributed by atoms with E-state index in [1.165, 1.54) is 16.7 Å². The van der Waals surface area contributed by atoms with Crippen LogP contribution < -0.4 is 5.32 Å². The summed E-state index contributed by atoms with van der Waals surface area (Å²) in [5, 5.41) is 3.17. The van der Waals surface area contributed by atoms with E-state index in [9.17, 15) is 0 Å². The van der Waals surface area contributed by atoms with Crippen molar-refractivity contribution in [3.63, 3.8) is 0 Å². The van der Waals surface area contributed by atoms with Gasteiger partial charge in [0, 0.05) is 0 Å². The highest BCUT2D eigenvalue weighted by molar-refractivity contribution is 9.09. The van der Waals surface area contributed by atoms with Crippen LogP contribution in [0.3, 0.4) is 0 Å². The van der Waals surface area contributed by atoms with Crippen molar-refractivity contribution in [3.8, 4) is 0 Å². The number of alkyl halides is 1. The fraction of sp³-hybridized carbons (Fsp3) is 0.400. The third-order valence-electron chi connectivity index (χ3n) is 1.96. The Kier molecular flexibility index (Phi) is 3.29. The summed E-state index contributed by atoms with van der Waals surface area (Å²) < 4.78 is 0. The highest BCUT2D eigenvalue weighted by Gasteiger charge is 2.06. The van der Waals surface area contributed by atoms with E-state index in [0.717, 1.165) is 0 Å². The monoisotopic (exact) mass is 227 g/mol. The quantitative estimate of drug-likeness (QED) is 0.606. The zero-order valence-corrected chi connectivity index (χ0v) is 9.27. The highest BCUT2D eigenvalue weighted by Crippen LogP contribution is 2.23. The second kappa shape index (κ2) is 4.06. The maximum absolute atomic E-state index is 3.56. The predicted molar refractivity (Wildman–Crippen MR) is 56.6 cm³/mol. The third-order valence-corrected chi connectivity index (χ3v) is 2.91. The Hall–Kier alpha value is -0.340. The van der Waals surface area contributed by atoms with Crippen molar-refractivity contribution >= 4 is 15.9 Å². The van der Waals surface area contributed by atoms with Crippen molar-refractivity contribution in [1.29, 1.82) is 0 Å². The van der Waals surface area contributed by atoms with Crippen LogP contribution in [-0.4, -0.2) is 7.05 Å². The van der Waals surface area contributed by atoms with Gasteiger partial charge in [-0.05, 0) is 32.0 Å². The second-order valence-corrected chi connectivity index (χ2v) is 3.93. The lowest BCUT2D eigenvalue weighted by atomic mass is 10.1. The topological polar surface area (TPSA) is 12.0 Å². The maximum atomic E-state index is 3.56. The predicted octanol–water partition coefficient (Wildman–Crippen LogP) is 2.92. The Morgan fingerprint density at radius 1 is 1.33 bits per heavy atom. The van der Waals surface area contributed by atoms with Crippen molar-refractivity contribution < 1.29 is 0 Å². The van der Waals surface area contributed by atoms with Gasteiger partial charge in [0.2, 0.25) is 0 Å². The minimum atomic E-state index is 0.261. The molecule has 0 bridgehead atoms. The number of benzene rings is 1. The maximum Gasteiger partial charge on any atom is 0.0886 e. The first-order chi connectivity index (χ1) is 5.65. The first-order valence-electron chi connectivity index (χ1n) is 4.03. The molecule has 1 aromatic carbocycles. The fourth-order valence-corrected chi connectivity index (χ4v) is 1.68. The minimum Gasteiger partial charge on any atom is -0.304 e. The Labute approximate surface area is 82.3 Å². The van der Waals surface area contributed by atoms with Gasteiger partial charge >= 0.3 is 0 Å². The molecule has 0 aliphatic heterocycles. The van der Waals surface area contributed by atoms with Crippen molar-refractivity contribution in [3.05, 3.63) is 34.9 Å². The van der Waals surface area contributed by atoms with Gasteiger partial charge in [-0.1, -0.05) is 39.7 Å². The first kappa shape index (κ1) is 9.75. The van der Waals surface area contributed by atoms with Crippen molar-refractivity contribution in [2.24, 2.45) is 0 Å². The smallest absolute Gasteiger partial charge is 0.0886 e. The molecular weight excluding hydrogens is 214 g/mol. The van der Waals surface area contributed by atoms with Gasteiger partial charge in [-0.25, -0.2) is 0 Å². The summed E-state index contributed by atoms with van der Waals surface area (Å²) in [5.41, 5.74) is 3.93. The number of hydrogen-bond acceptors (Lipinski definition) is 1. The lowest BCUT2D eigenvalue weighted by Crippen LogP contribution is -2.10. The molecule has 1 unspecified atom stereocenters. The van der Waals surface area contributed by atoms with Crippen molar-refractivity contribution in [1.82, 2.24) is 5.32 Å². The molecule has 1 N–H and O–H groups in total. The molecule has 0 aliphatic carbocycles. The molecule has 0 saturated heterocycles. The molecule has 0 aliphatic rings. The van der Waals surface area contributed by atoms with Crippen LogP contribution in [0, 0.1) is 13.8 Å². The summed E-state index contributed by atoms with van der Waals surface area (Å²) in [6.07, 6.45) is 0. The summed E-state index contributed by atoms with van der Waals surface area (Å²) in [6.45, 7) is 4.23. The molecule has 1 atom stereocenters. The molecule has 2 heteroatoms. The second-order valence-electron chi connectivity index (χ2n) is 3.01. The number of rotatable bonds is 2. The molecule has 0 amide bonds. The summed E-state index contributed by atoms with van der Waals surface area (Å²) in [4.78, 5) is 0.261. The van der Waals surface area contributed by atoms with Gasteiger partial charge in [0.05, 0.1) is 4.95 Å². The Bertz CT molecular complexity index is 271. The van der Waals surface area contributed by atoms with Crippen LogP contribution in [0.15, 0.2) is 18.2 Å². The molecule has 66 valence electrons. The third kappa shape index (κ3) is 2.08. The molecule has 0 fully saturated rings. The van der Waals surface area contributed by atoms with Gasteiger partial charge in [-0.15, -0.1) is 0 Å². The van der Waals surface area contributed by atoms with Gasteiger partial charge < -0.3 is 5.32 Å². The van der Waals surface area contributed by atoms with Gasteiger partial charge in [0.15, 0.2) is 0 Å². The van der Waals surface area contributed by atoms with E-state index in [1.54, 1.807) is 0 Å². The molecule has 12 heavy (non-hydrogen) atoms. The van der Waals surface area contributed by atoms with Crippen LogP contribution >= 0.6 is 15.9 Å². The Morgan fingerprint density at radius 3 is 2.58 bits per heavy atom. The van der Waals surface area contributed by atoms with Crippen LogP contribution in [0.2, 0.25) is 0 Å². The van der Waals surface area contributed by atoms with Gasteiger partial charge in [0.1, 0.15) is 0 Å². The van der Waals surface area contributed by atoms with E-state index in [4.69, 9.17) is 0 Å². The van der Waals surface area contributed by atoms with E-state index in [1.807, 2.05) is 7.05 Å². The average Bonchev–Trinajstić information content (AvgIpc) is 2.08. The number of nitrogens with one attached hydrogen (secondary N) is 1. The standard InChI is InChI=1S/C10H14BrN/c1-7-4-5-8(2)9(6-7)10(11)12-3/h4-6,10,12H,1-3H3. The van der Waals surface area contributed by atoms with E-state index >= 15 is 0 Å². The molecule has 1 aromatic rings. The van der Waals surface area contributed by atoms with Crippen LogP contribution in [0.25, 0.3) is 0 Å². The summed E-state index contributed by atoms with van der Waals surface area (Å²) in [6, 6.07) is 6.48. The molecule has 0 aromatic heterocycles. The van der Waals surface area contributed by atoms with Crippen molar-refractivity contribution in [2.45, 2.75) is 18.8 Å². The molecular formula is C10H14BrN. The van der Waals surface area contributed by atoms with E-state index in [-0.39, 0.29) is 4.95 Å². The summed E-state index contributed by atoms with van der Waals surface area (Å²) in [7, 11) is 1.95. The van der Waals surface area contributed by atoms with Gasteiger partial charge in [-0.2, -0.15) is 0 Å². The van der Waals surface area contributed by atoms with E-state index < -0.39 is 0 Å². The minimum absolute atomic E-state index is 0.261. The van der Waals surface area contributed by atoms with Crippen LogP contribution in [0.5, 0.6) is 0 Å². The zero-order valence-electron chi connectivity index (χ0n) is 7.69. The normalized spacial score (nSPS) is 13.0. The molecule has 0 saturated carbocycles. The molecule has 0 radical (unpaired) electrons. The lowest BCUT2D eigenvalue weighted by Gasteiger charge is -2.12. The van der Waals surface area contributed by atoms with E-state index in [0.29, 0.717) is 0 Å². The molecule has 1 nitrogen and oxygen atoms in total. The molecule has 1 rings (SSSR count). The van der Waals surface area contributed by atoms with Crippen LogP contribution in [-0.2, 0) is 0 Å². The number of hydrogen-bond donors (Lipinski definition) is 1. The first-order valence-corrected chi connectivity index (χ1v) is 4.95. The Balaban J connectivity index is 3.04. The number of halogens is 1. The largest absolute Gasteiger partial charge is 0.304 e. The van der Waals surface area contributed by atoms with Gasteiger partial charge in [0.25, 0.3) is 0 Å². The van der Waals surface area contributed by atoms with Crippen LogP contribution in [0.1, 0.15) is 21.6 Å². The SMILES string of the molecule is CNC(Br)c1cc(C)ccc1C. The van der Waals surface area contributed by atoms with E-state index in [2.05, 4.69) is 53.3 Å². The van der Waals surface area contributed by atoms with Crippen LogP contribution in [0.4, 0.5) is 0 Å². The molecule has 0 spiro atoms. The zero-order chi connectivity index (χ0) is 9.14. The number of aryl methyl sites for hydroxylation is 2. The van der Waals surface area contributed by atoms with Crippen molar-refractivity contribution in [2.75, 3.05) is 7.05 Å². The summed E-state index contributed by atoms with van der Waals surface area (Å²) >= 11 is 3.56. The Morgan fingerprint density at radius 2 is 2.00 bits per heavy atom.